The minimum Gasteiger partial charge on any atom is -0.478 e. The van der Waals surface area contributed by atoms with E-state index in [0.717, 1.165) is 5.56 Å². The summed E-state index contributed by atoms with van der Waals surface area (Å²) in [6.45, 7) is 1.80. The van der Waals surface area contributed by atoms with E-state index in [1.807, 2.05) is 0 Å². The summed E-state index contributed by atoms with van der Waals surface area (Å²) >= 11 is 11.0. The molecule has 3 N–H and O–H groups in total. The normalized spacial score (nSPS) is 10.0. The average molecular weight is 349 g/mol. The SMILES string of the molecule is Cc1ccc(C(=O)O)cc1NC(=S)NC(=O)c1ccccc1Cl. The molecular weight excluding hydrogens is 336 g/mol. The van der Waals surface area contributed by atoms with Gasteiger partial charge in [-0.25, -0.2) is 4.79 Å². The summed E-state index contributed by atoms with van der Waals surface area (Å²) in [4.78, 5) is 23.1. The number of thiocarbonyl (C=S) groups is 1. The third kappa shape index (κ3) is 4.28. The van der Waals surface area contributed by atoms with Crippen LogP contribution in [0.1, 0.15) is 26.3 Å². The molecule has 0 fully saturated rings. The summed E-state index contributed by atoms with van der Waals surface area (Å²) in [5, 5.41) is 14.7. The van der Waals surface area contributed by atoms with E-state index in [1.165, 1.54) is 12.1 Å². The lowest BCUT2D eigenvalue weighted by Crippen LogP contribution is -2.34. The Balaban J connectivity index is 2.11. The molecule has 0 aromatic heterocycles. The third-order valence-electron chi connectivity index (χ3n) is 3.08. The number of aromatic carboxylic acids is 1. The highest BCUT2D eigenvalue weighted by Crippen LogP contribution is 2.18. The number of benzene rings is 2. The summed E-state index contributed by atoms with van der Waals surface area (Å²) in [5.41, 5.74) is 1.73. The van der Waals surface area contributed by atoms with Crippen LogP contribution in [0, 0.1) is 6.92 Å². The van der Waals surface area contributed by atoms with Crippen molar-refractivity contribution in [3.8, 4) is 0 Å². The minimum absolute atomic E-state index is 0.0561. The summed E-state index contributed by atoms with van der Waals surface area (Å²) in [5.74, 6) is -1.49. The van der Waals surface area contributed by atoms with Gasteiger partial charge in [-0.15, -0.1) is 0 Å². The Hall–Kier alpha value is -2.44. The fourth-order valence-corrected chi connectivity index (χ4v) is 2.28. The fraction of sp³-hybridized carbons (Fsp3) is 0.0625. The number of carboxylic acid groups (broad SMARTS) is 1. The molecule has 0 unspecified atom stereocenters. The molecule has 0 saturated heterocycles. The van der Waals surface area contributed by atoms with Gasteiger partial charge in [-0.3, -0.25) is 10.1 Å². The summed E-state index contributed by atoms with van der Waals surface area (Å²) in [6, 6.07) is 11.2. The van der Waals surface area contributed by atoms with Crippen LogP contribution in [0.3, 0.4) is 0 Å². The van der Waals surface area contributed by atoms with Crippen LogP contribution >= 0.6 is 23.8 Å². The van der Waals surface area contributed by atoms with Gasteiger partial charge in [0.25, 0.3) is 5.91 Å². The number of nitrogens with one attached hydrogen (secondary N) is 2. The van der Waals surface area contributed by atoms with Crippen LogP contribution in [0.5, 0.6) is 0 Å². The number of carboxylic acids is 1. The van der Waals surface area contributed by atoms with E-state index < -0.39 is 11.9 Å². The maximum Gasteiger partial charge on any atom is 0.335 e. The quantitative estimate of drug-likeness (QED) is 0.740. The Morgan fingerprint density at radius 3 is 2.52 bits per heavy atom. The highest BCUT2D eigenvalue weighted by molar-refractivity contribution is 7.80. The van der Waals surface area contributed by atoms with Crippen LogP contribution in [0.4, 0.5) is 5.69 Å². The molecule has 5 nitrogen and oxygen atoms in total. The fourth-order valence-electron chi connectivity index (χ4n) is 1.86. The number of aryl methyl sites for hydroxylation is 1. The van der Waals surface area contributed by atoms with Crippen LogP contribution in [0.15, 0.2) is 42.5 Å². The predicted molar refractivity (Wildman–Crippen MR) is 93.3 cm³/mol. The number of hydrogen-bond donors (Lipinski definition) is 3. The molecular formula is C16H13ClN2O3S. The smallest absolute Gasteiger partial charge is 0.335 e. The first-order chi connectivity index (χ1) is 10.9. The van der Waals surface area contributed by atoms with Crippen molar-refractivity contribution in [1.29, 1.82) is 0 Å². The molecule has 7 heteroatoms. The summed E-state index contributed by atoms with van der Waals surface area (Å²) in [6.07, 6.45) is 0. The van der Waals surface area contributed by atoms with Crippen molar-refractivity contribution in [2.45, 2.75) is 6.92 Å². The zero-order chi connectivity index (χ0) is 17.0. The highest BCUT2D eigenvalue weighted by atomic mass is 35.5. The molecule has 0 bridgehead atoms. The second kappa shape index (κ2) is 7.21. The summed E-state index contributed by atoms with van der Waals surface area (Å²) < 4.78 is 0. The molecule has 0 radical (unpaired) electrons. The van der Waals surface area contributed by atoms with Gasteiger partial charge >= 0.3 is 5.97 Å². The maximum atomic E-state index is 12.1. The molecule has 1 amide bonds. The molecule has 2 aromatic rings. The van der Waals surface area contributed by atoms with Crippen molar-refractivity contribution in [3.63, 3.8) is 0 Å². The first-order valence-corrected chi connectivity index (χ1v) is 7.38. The molecule has 0 aliphatic rings. The Morgan fingerprint density at radius 2 is 1.87 bits per heavy atom. The van der Waals surface area contributed by atoms with E-state index in [-0.39, 0.29) is 10.7 Å². The topological polar surface area (TPSA) is 78.4 Å². The number of rotatable bonds is 3. The Morgan fingerprint density at radius 1 is 1.17 bits per heavy atom. The minimum atomic E-state index is -1.04. The first-order valence-electron chi connectivity index (χ1n) is 6.59. The molecule has 0 atom stereocenters. The standard InChI is InChI=1S/C16H13ClN2O3S/c1-9-6-7-10(15(21)22)8-13(9)18-16(23)19-14(20)11-4-2-3-5-12(11)17/h2-8H,1H3,(H,21,22)(H2,18,19,20,23). The van der Waals surface area contributed by atoms with E-state index in [9.17, 15) is 9.59 Å². The molecule has 2 aromatic carbocycles. The molecule has 0 aliphatic heterocycles. The van der Waals surface area contributed by atoms with Crippen LogP contribution in [-0.4, -0.2) is 22.1 Å². The predicted octanol–water partition coefficient (Wildman–Crippen LogP) is 3.47. The summed E-state index contributed by atoms with van der Waals surface area (Å²) in [7, 11) is 0. The van der Waals surface area contributed by atoms with Gasteiger partial charge in [0.15, 0.2) is 5.11 Å². The Labute approximate surface area is 143 Å². The second-order valence-electron chi connectivity index (χ2n) is 4.72. The maximum absolute atomic E-state index is 12.1. The van der Waals surface area contributed by atoms with Crippen LogP contribution in [-0.2, 0) is 0 Å². The van der Waals surface area contributed by atoms with Gasteiger partial charge in [-0.1, -0.05) is 29.8 Å². The first kappa shape index (κ1) is 16.9. The number of hydrogen-bond acceptors (Lipinski definition) is 3. The lowest BCUT2D eigenvalue weighted by atomic mass is 10.1. The van der Waals surface area contributed by atoms with E-state index in [4.69, 9.17) is 28.9 Å². The van der Waals surface area contributed by atoms with Crippen molar-refractivity contribution in [3.05, 3.63) is 64.2 Å². The Kier molecular flexibility index (Phi) is 5.31. The Bertz CT molecular complexity index is 793. The zero-order valence-electron chi connectivity index (χ0n) is 12.1. The zero-order valence-corrected chi connectivity index (χ0v) is 13.7. The molecule has 0 aliphatic carbocycles. The van der Waals surface area contributed by atoms with Gasteiger partial charge in [0, 0.05) is 5.69 Å². The van der Waals surface area contributed by atoms with Crippen molar-refractivity contribution in [2.75, 3.05) is 5.32 Å². The van der Waals surface area contributed by atoms with E-state index in [1.54, 1.807) is 37.3 Å². The molecule has 118 valence electrons. The lowest BCUT2D eigenvalue weighted by molar-refractivity contribution is 0.0696. The van der Waals surface area contributed by atoms with Gasteiger partial charge in [0.2, 0.25) is 0 Å². The van der Waals surface area contributed by atoms with Gasteiger partial charge in [-0.2, -0.15) is 0 Å². The van der Waals surface area contributed by atoms with Crippen LogP contribution in [0.2, 0.25) is 5.02 Å². The second-order valence-corrected chi connectivity index (χ2v) is 5.54. The van der Waals surface area contributed by atoms with Gasteiger partial charge in [-0.05, 0) is 49.0 Å². The molecule has 2 rings (SSSR count). The third-order valence-corrected chi connectivity index (χ3v) is 3.61. The molecule has 23 heavy (non-hydrogen) atoms. The number of carbonyl (C=O) groups is 2. The van der Waals surface area contributed by atoms with Crippen molar-refractivity contribution < 1.29 is 14.7 Å². The van der Waals surface area contributed by atoms with Gasteiger partial charge in [0.1, 0.15) is 0 Å². The average Bonchev–Trinajstić information content (AvgIpc) is 2.49. The van der Waals surface area contributed by atoms with Crippen molar-refractivity contribution >= 4 is 46.5 Å². The van der Waals surface area contributed by atoms with E-state index in [2.05, 4.69) is 10.6 Å². The highest BCUT2D eigenvalue weighted by Gasteiger charge is 2.12. The monoisotopic (exact) mass is 348 g/mol. The largest absolute Gasteiger partial charge is 0.478 e. The van der Waals surface area contributed by atoms with E-state index in [0.29, 0.717) is 16.3 Å². The number of halogens is 1. The molecule has 0 spiro atoms. The van der Waals surface area contributed by atoms with Crippen molar-refractivity contribution in [2.24, 2.45) is 0 Å². The van der Waals surface area contributed by atoms with Crippen LogP contribution < -0.4 is 10.6 Å². The number of anilines is 1. The van der Waals surface area contributed by atoms with Gasteiger partial charge in [0.05, 0.1) is 16.1 Å². The molecule has 0 heterocycles. The number of carbonyl (C=O) groups excluding carboxylic acids is 1. The van der Waals surface area contributed by atoms with Crippen LogP contribution in [0.25, 0.3) is 0 Å². The van der Waals surface area contributed by atoms with E-state index >= 15 is 0 Å². The van der Waals surface area contributed by atoms with Crippen molar-refractivity contribution in [1.82, 2.24) is 5.32 Å². The molecule has 0 saturated carbocycles. The number of amides is 1. The van der Waals surface area contributed by atoms with Gasteiger partial charge < -0.3 is 10.4 Å². The lowest BCUT2D eigenvalue weighted by Gasteiger charge is -2.12.